The minimum absolute atomic E-state index is 0.519. The van der Waals surface area contributed by atoms with E-state index >= 15 is 0 Å². The molecule has 5 rings (SSSR count). The summed E-state index contributed by atoms with van der Waals surface area (Å²) in [5.74, 6) is 1.59. The molecule has 158 valence electrons. The Balaban J connectivity index is 1.60. The van der Waals surface area contributed by atoms with Crippen molar-refractivity contribution in [2.75, 3.05) is 0 Å². The molecule has 0 atom stereocenters. The molecule has 0 spiro atoms. The highest BCUT2D eigenvalue weighted by Crippen LogP contribution is 2.28. The van der Waals surface area contributed by atoms with Crippen LogP contribution >= 0.6 is 0 Å². The third-order valence-electron chi connectivity index (χ3n) is 5.41. The van der Waals surface area contributed by atoms with Crippen LogP contribution in [0, 0.1) is 17.9 Å². The van der Waals surface area contributed by atoms with Crippen LogP contribution in [-0.4, -0.2) is 15.0 Å². The largest absolute Gasteiger partial charge is 0.238 e. The first-order valence-electron chi connectivity index (χ1n) is 10.6. The van der Waals surface area contributed by atoms with Crippen LogP contribution in [0.25, 0.3) is 50.1 Å². The molecule has 0 aliphatic carbocycles. The first-order valence-corrected chi connectivity index (χ1v) is 10.6. The van der Waals surface area contributed by atoms with E-state index < -0.39 is 0 Å². The topological polar surface area (TPSA) is 66.8 Å². The molecule has 0 bridgehead atoms. The van der Waals surface area contributed by atoms with Gasteiger partial charge in [0, 0.05) is 16.7 Å². The van der Waals surface area contributed by atoms with Crippen LogP contribution in [0.4, 0.5) is 5.69 Å². The molecular formula is C29H17N5. The van der Waals surface area contributed by atoms with Crippen molar-refractivity contribution in [1.29, 1.82) is 5.26 Å². The van der Waals surface area contributed by atoms with Gasteiger partial charge >= 0.3 is 0 Å². The number of nitrogens with zero attached hydrogens (tertiary/aromatic N) is 5. The van der Waals surface area contributed by atoms with Gasteiger partial charge in [-0.1, -0.05) is 78.9 Å². The molecular weight excluding hydrogens is 418 g/mol. The Bertz CT molecular complexity index is 1450. The lowest BCUT2D eigenvalue weighted by Crippen LogP contribution is -2.00. The molecule has 0 aliphatic rings. The summed E-state index contributed by atoms with van der Waals surface area (Å²) in [6, 6.07) is 34.8. The maximum Gasteiger partial charge on any atom is 0.187 e. The second-order valence-corrected chi connectivity index (χ2v) is 7.60. The number of nitriles is 1. The van der Waals surface area contributed by atoms with Gasteiger partial charge in [-0.15, -0.1) is 0 Å². The zero-order valence-corrected chi connectivity index (χ0v) is 18.1. The van der Waals surface area contributed by atoms with E-state index in [9.17, 15) is 0 Å². The normalized spacial score (nSPS) is 10.3. The first-order chi connectivity index (χ1) is 16.7. The van der Waals surface area contributed by atoms with Crippen molar-refractivity contribution in [2.45, 2.75) is 0 Å². The van der Waals surface area contributed by atoms with E-state index in [2.05, 4.69) is 35.2 Å². The molecule has 5 heteroatoms. The average Bonchev–Trinajstić information content (AvgIpc) is 2.93. The van der Waals surface area contributed by atoms with Gasteiger partial charge in [0.15, 0.2) is 23.2 Å². The van der Waals surface area contributed by atoms with Crippen LogP contribution < -0.4 is 0 Å². The van der Waals surface area contributed by atoms with Gasteiger partial charge in [0.2, 0.25) is 0 Å². The Labute approximate surface area is 197 Å². The van der Waals surface area contributed by atoms with Crippen LogP contribution in [0.2, 0.25) is 0 Å². The van der Waals surface area contributed by atoms with Crippen molar-refractivity contribution in [1.82, 2.24) is 15.0 Å². The minimum Gasteiger partial charge on any atom is -0.238 e. The highest BCUT2D eigenvalue weighted by molar-refractivity contribution is 5.71. The first kappa shape index (κ1) is 20.8. The van der Waals surface area contributed by atoms with Crippen molar-refractivity contribution < 1.29 is 0 Å². The fraction of sp³-hybridized carbons (Fsp3) is 0. The maximum absolute atomic E-state index is 9.12. The lowest BCUT2D eigenvalue weighted by molar-refractivity contribution is 1.07. The lowest BCUT2D eigenvalue weighted by Gasteiger charge is -2.09. The SMILES string of the molecule is [C-]#[N+]c1ccc(-c2nc(-c3ccc(C#N)cc3)nc(-c3ccc(-c4ccccc4)cc3)n2)cc1. The fourth-order valence-corrected chi connectivity index (χ4v) is 3.58. The molecule has 0 N–H and O–H groups in total. The molecule has 0 saturated heterocycles. The molecule has 4 aromatic carbocycles. The molecule has 0 aliphatic heterocycles. The van der Waals surface area contributed by atoms with E-state index in [0.717, 1.165) is 27.8 Å². The second kappa shape index (κ2) is 9.16. The molecule has 34 heavy (non-hydrogen) atoms. The van der Waals surface area contributed by atoms with Crippen molar-refractivity contribution >= 4 is 5.69 Å². The zero-order valence-electron chi connectivity index (χ0n) is 18.1. The lowest BCUT2D eigenvalue weighted by atomic mass is 10.0. The molecule has 0 amide bonds. The van der Waals surface area contributed by atoms with E-state index in [4.69, 9.17) is 26.8 Å². The van der Waals surface area contributed by atoms with Crippen LogP contribution in [0.1, 0.15) is 5.56 Å². The molecule has 5 nitrogen and oxygen atoms in total. The summed E-state index contributed by atoms with van der Waals surface area (Å²) in [5, 5.41) is 9.12. The monoisotopic (exact) mass is 435 g/mol. The van der Waals surface area contributed by atoms with E-state index in [0.29, 0.717) is 28.7 Å². The third kappa shape index (κ3) is 4.27. The highest BCUT2D eigenvalue weighted by Gasteiger charge is 2.13. The summed E-state index contributed by atoms with van der Waals surface area (Å²) >= 11 is 0. The molecule has 1 aromatic heterocycles. The summed E-state index contributed by atoms with van der Waals surface area (Å²) in [6.07, 6.45) is 0. The number of hydrogen-bond acceptors (Lipinski definition) is 4. The van der Waals surface area contributed by atoms with Gasteiger partial charge in [-0.05, 0) is 35.4 Å². The average molecular weight is 435 g/mol. The predicted molar refractivity (Wildman–Crippen MR) is 133 cm³/mol. The molecule has 1 heterocycles. The standard InChI is InChI=1S/C29H17N5/c1-31-26-17-15-25(16-18-26)29-33-27(23-9-7-20(19-30)8-10-23)32-28(34-29)24-13-11-22(12-14-24)21-5-3-2-4-6-21/h2-18H. The van der Waals surface area contributed by atoms with Gasteiger partial charge in [-0.25, -0.2) is 19.8 Å². The summed E-state index contributed by atoms with van der Waals surface area (Å²) in [6.45, 7) is 7.19. The molecule has 0 fully saturated rings. The van der Waals surface area contributed by atoms with Gasteiger partial charge in [-0.3, -0.25) is 0 Å². The predicted octanol–water partition coefficient (Wildman–Crippen LogP) is 6.96. The molecule has 0 saturated carbocycles. The Morgan fingerprint density at radius 1 is 0.529 bits per heavy atom. The minimum atomic E-state index is 0.519. The van der Waals surface area contributed by atoms with E-state index in [1.165, 1.54) is 0 Å². The Morgan fingerprint density at radius 3 is 1.41 bits per heavy atom. The van der Waals surface area contributed by atoms with Crippen LogP contribution in [0.3, 0.4) is 0 Å². The van der Waals surface area contributed by atoms with E-state index in [1.807, 2.05) is 54.6 Å². The van der Waals surface area contributed by atoms with E-state index in [1.54, 1.807) is 24.3 Å². The Hall–Kier alpha value is -5.13. The summed E-state index contributed by atoms with van der Waals surface area (Å²) in [4.78, 5) is 17.6. The van der Waals surface area contributed by atoms with Gasteiger partial charge in [-0.2, -0.15) is 5.26 Å². The summed E-state index contributed by atoms with van der Waals surface area (Å²) < 4.78 is 0. The number of aromatic nitrogens is 3. The van der Waals surface area contributed by atoms with Crippen molar-refractivity contribution in [3.05, 3.63) is 120 Å². The molecule has 0 radical (unpaired) electrons. The summed E-state index contributed by atoms with van der Waals surface area (Å²) in [7, 11) is 0. The van der Waals surface area contributed by atoms with Crippen molar-refractivity contribution in [3.63, 3.8) is 0 Å². The second-order valence-electron chi connectivity index (χ2n) is 7.60. The quantitative estimate of drug-likeness (QED) is 0.286. The van der Waals surface area contributed by atoms with E-state index in [-0.39, 0.29) is 0 Å². The number of rotatable bonds is 4. The molecule has 0 unspecified atom stereocenters. The fourth-order valence-electron chi connectivity index (χ4n) is 3.58. The van der Waals surface area contributed by atoms with Gasteiger partial charge in [0.1, 0.15) is 0 Å². The van der Waals surface area contributed by atoms with Crippen LogP contribution in [0.15, 0.2) is 103 Å². The Kier molecular flexibility index (Phi) is 5.59. The van der Waals surface area contributed by atoms with Crippen molar-refractivity contribution in [2.24, 2.45) is 0 Å². The van der Waals surface area contributed by atoms with Crippen LogP contribution in [0.5, 0.6) is 0 Å². The highest BCUT2D eigenvalue weighted by atomic mass is 15.0. The smallest absolute Gasteiger partial charge is 0.187 e. The van der Waals surface area contributed by atoms with Crippen molar-refractivity contribution in [3.8, 4) is 51.4 Å². The zero-order chi connectivity index (χ0) is 23.3. The van der Waals surface area contributed by atoms with Gasteiger partial charge < -0.3 is 0 Å². The number of hydrogen-bond donors (Lipinski definition) is 0. The maximum atomic E-state index is 9.12. The van der Waals surface area contributed by atoms with Gasteiger partial charge in [0.25, 0.3) is 0 Å². The number of benzene rings is 4. The third-order valence-corrected chi connectivity index (χ3v) is 5.41. The molecule has 5 aromatic rings. The Morgan fingerprint density at radius 2 is 0.941 bits per heavy atom. The van der Waals surface area contributed by atoms with Crippen LogP contribution in [-0.2, 0) is 0 Å². The van der Waals surface area contributed by atoms with Gasteiger partial charge in [0.05, 0.1) is 18.2 Å². The summed E-state index contributed by atoms with van der Waals surface area (Å²) in [5.41, 5.74) is 5.85.